The van der Waals surface area contributed by atoms with Crippen molar-refractivity contribution < 1.29 is 9.59 Å². The molecular formula is C21H29N5O3. The van der Waals surface area contributed by atoms with E-state index in [1.165, 1.54) is 22.9 Å². The standard InChI is InChI=1S/C21H29N5O3/c1-15-18(16(2)24(3)23-15)9-10-22-21(29)17-7-8-19(27)26(13-17)14-20(28)25-11-5-4-6-12-25/h7-8,13H,4-6,9-12,14H2,1-3H3,(H,22,29). The Bertz CT molecular complexity index is 954. The van der Waals surface area contributed by atoms with Crippen LogP contribution in [0.4, 0.5) is 0 Å². The number of amides is 2. The highest BCUT2D eigenvalue weighted by Gasteiger charge is 2.18. The Morgan fingerprint density at radius 1 is 1.14 bits per heavy atom. The number of carbonyl (C=O) groups is 2. The van der Waals surface area contributed by atoms with Crippen LogP contribution >= 0.6 is 0 Å². The van der Waals surface area contributed by atoms with E-state index in [-0.39, 0.29) is 23.9 Å². The van der Waals surface area contributed by atoms with Gasteiger partial charge in [0.15, 0.2) is 0 Å². The Hall–Kier alpha value is -2.90. The molecule has 3 rings (SSSR count). The zero-order valence-corrected chi connectivity index (χ0v) is 17.4. The van der Waals surface area contributed by atoms with Crippen LogP contribution in [0, 0.1) is 13.8 Å². The average Bonchev–Trinajstić information content (AvgIpc) is 2.96. The Kier molecular flexibility index (Phi) is 6.51. The fraction of sp³-hybridized carbons (Fsp3) is 0.524. The fourth-order valence-corrected chi connectivity index (χ4v) is 3.76. The SMILES string of the molecule is Cc1nn(C)c(C)c1CCNC(=O)c1ccc(=O)n(CC(=O)N2CCCCC2)c1. The van der Waals surface area contributed by atoms with Crippen molar-refractivity contribution in [3.63, 3.8) is 0 Å². The number of nitrogens with one attached hydrogen (secondary N) is 1. The molecule has 1 aliphatic rings. The van der Waals surface area contributed by atoms with Crippen molar-refractivity contribution in [2.45, 2.75) is 46.1 Å². The summed E-state index contributed by atoms with van der Waals surface area (Å²) >= 11 is 0. The maximum atomic E-state index is 12.5. The van der Waals surface area contributed by atoms with Crippen molar-refractivity contribution in [1.29, 1.82) is 0 Å². The van der Waals surface area contributed by atoms with Crippen LogP contribution in [0.25, 0.3) is 0 Å². The lowest BCUT2D eigenvalue weighted by Crippen LogP contribution is -2.39. The second kappa shape index (κ2) is 9.07. The van der Waals surface area contributed by atoms with Gasteiger partial charge in [-0.1, -0.05) is 0 Å². The molecule has 29 heavy (non-hydrogen) atoms. The van der Waals surface area contributed by atoms with Crippen molar-refractivity contribution in [3.05, 3.63) is 51.2 Å². The summed E-state index contributed by atoms with van der Waals surface area (Å²) in [6.45, 7) is 5.87. The van der Waals surface area contributed by atoms with Gasteiger partial charge in [0.25, 0.3) is 11.5 Å². The molecule has 0 saturated carbocycles. The molecule has 0 radical (unpaired) electrons. The van der Waals surface area contributed by atoms with E-state index in [1.54, 1.807) is 4.90 Å². The number of likely N-dealkylation sites (tertiary alicyclic amines) is 1. The lowest BCUT2D eigenvalue weighted by molar-refractivity contribution is -0.132. The molecule has 1 aliphatic heterocycles. The van der Waals surface area contributed by atoms with Gasteiger partial charge < -0.3 is 14.8 Å². The maximum absolute atomic E-state index is 12.5. The van der Waals surface area contributed by atoms with Crippen LogP contribution in [0.1, 0.15) is 46.6 Å². The summed E-state index contributed by atoms with van der Waals surface area (Å²) in [4.78, 5) is 38.9. The highest BCUT2D eigenvalue weighted by Crippen LogP contribution is 2.12. The summed E-state index contributed by atoms with van der Waals surface area (Å²) in [6, 6.07) is 2.84. The zero-order valence-electron chi connectivity index (χ0n) is 17.4. The Morgan fingerprint density at radius 2 is 1.86 bits per heavy atom. The predicted octanol–water partition coefficient (Wildman–Crippen LogP) is 1.18. The van der Waals surface area contributed by atoms with Gasteiger partial charge in [-0.2, -0.15) is 5.10 Å². The van der Waals surface area contributed by atoms with E-state index in [1.807, 2.05) is 25.6 Å². The van der Waals surface area contributed by atoms with Crippen molar-refractivity contribution in [2.24, 2.45) is 7.05 Å². The van der Waals surface area contributed by atoms with Gasteiger partial charge in [-0.05, 0) is 51.2 Å². The first-order chi connectivity index (χ1) is 13.9. The van der Waals surface area contributed by atoms with Crippen LogP contribution in [0.3, 0.4) is 0 Å². The summed E-state index contributed by atoms with van der Waals surface area (Å²) in [5.74, 6) is -0.338. The van der Waals surface area contributed by atoms with E-state index in [9.17, 15) is 14.4 Å². The van der Waals surface area contributed by atoms with Gasteiger partial charge >= 0.3 is 0 Å². The van der Waals surface area contributed by atoms with Crippen molar-refractivity contribution in [1.82, 2.24) is 24.6 Å². The summed E-state index contributed by atoms with van der Waals surface area (Å²) in [5, 5.41) is 7.27. The molecule has 156 valence electrons. The quantitative estimate of drug-likeness (QED) is 0.790. The summed E-state index contributed by atoms with van der Waals surface area (Å²) in [6.07, 6.45) is 5.29. The van der Waals surface area contributed by atoms with E-state index in [0.717, 1.165) is 49.3 Å². The van der Waals surface area contributed by atoms with Crippen molar-refractivity contribution >= 4 is 11.8 Å². The molecular weight excluding hydrogens is 370 g/mol. The van der Waals surface area contributed by atoms with Crippen LogP contribution in [-0.4, -0.2) is 50.7 Å². The van der Waals surface area contributed by atoms with E-state index in [2.05, 4.69) is 10.4 Å². The lowest BCUT2D eigenvalue weighted by atomic mass is 10.1. The highest BCUT2D eigenvalue weighted by atomic mass is 16.2. The highest BCUT2D eigenvalue weighted by molar-refractivity contribution is 5.93. The molecule has 0 aliphatic carbocycles. The van der Waals surface area contributed by atoms with Gasteiger partial charge in [0.05, 0.1) is 11.3 Å². The van der Waals surface area contributed by atoms with Crippen LogP contribution < -0.4 is 10.9 Å². The Labute approximate surface area is 170 Å². The molecule has 1 saturated heterocycles. The number of nitrogens with zero attached hydrogens (tertiary/aromatic N) is 4. The molecule has 1 fully saturated rings. The van der Waals surface area contributed by atoms with Gasteiger partial charge in [-0.25, -0.2) is 0 Å². The molecule has 8 heteroatoms. The molecule has 0 atom stereocenters. The first-order valence-corrected chi connectivity index (χ1v) is 10.1. The van der Waals surface area contributed by atoms with Gasteiger partial charge in [-0.15, -0.1) is 0 Å². The number of aryl methyl sites for hydroxylation is 2. The predicted molar refractivity (Wildman–Crippen MR) is 110 cm³/mol. The third kappa shape index (κ3) is 4.93. The molecule has 8 nitrogen and oxygen atoms in total. The van der Waals surface area contributed by atoms with E-state index in [4.69, 9.17) is 0 Å². The van der Waals surface area contributed by atoms with Gasteiger partial charge in [0.1, 0.15) is 6.54 Å². The fourth-order valence-electron chi connectivity index (χ4n) is 3.76. The first kappa shape index (κ1) is 20.8. The monoisotopic (exact) mass is 399 g/mol. The number of hydrogen-bond donors (Lipinski definition) is 1. The smallest absolute Gasteiger partial charge is 0.252 e. The average molecular weight is 399 g/mol. The molecule has 2 aromatic heterocycles. The molecule has 0 unspecified atom stereocenters. The second-order valence-electron chi connectivity index (χ2n) is 7.60. The van der Waals surface area contributed by atoms with Crippen LogP contribution in [0.5, 0.6) is 0 Å². The molecule has 3 heterocycles. The number of aromatic nitrogens is 3. The molecule has 0 spiro atoms. The van der Waals surface area contributed by atoms with Crippen LogP contribution in [-0.2, 0) is 24.8 Å². The third-order valence-corrected chi connectivity index (χ3v) is 5.58. The van der Waals surface area contributed by atoms with Gasteiger partial charge in [0, 0.05) is 44.6 Å². The normalized spacial score (nSPS) is 14.1. The molecule has 2 aromatic rings. The number of carbonyl (C=O) groups excluding carboxylic acids is 2. The second-order valence-corrected chi connectivity index (χ2v) is 7.60. The molecule has 0 bridgehead atoms. The van der Waals surface area contributed by atoms with E-state index in [0.29, 0.717) is 18.5 Å². The van der Waals surface area contributed by atoms with Crippen molar-refractivity contribution in [3.8, 4) is 0 Å². The summed E-state index contributed by atoms with van der Waals surface area (Å²) in [7, 11) is 1.90. The Balaban J connectivity index is 1.61. The lowest BCUT2D eigenvalue weighted by Gasteiger charge is -2.27. The first-order valence-electron chi connectivity index (χ1n) is 10.1. The number of rotatable bonds is 6. The minimum Gasteiger partial charge on any atom is -0.352 e. The number of pyridine rings is 1. The third-order valence-electron chi connectivity index (χ3n) is 5.58. The zero-order chi connectivity index (χ0) is 21.0. The van der Waals surface area contributed by atoms with Crippen molar-refractivity contribution in [2.75, 3.05) is 19.6 Å². The van der Waals surface area contributed by atoms with Gasteiger partial charge in [-0.3, -0.25) is 19.1 Å². The van der Waals surface area contributed by atoms with Crippen LogP contribution in [0.2, 0.25) is 0 Å². The Morgan fingerprint density at radius 3 is 2.52 bits per heavy atom. The van der Waals surface area contributed by atoms with E-state index < -0.39 is 0 Å². The van der Waals surface area contributed by atoms with Crippen LogP contribution in [0.15, 0.2) is 23.1 Å². The molecule has 1 N–H and O–H groups in total. The molecule has 0 aromatic carbocycles. The largest absolute Gasteiger partial charge is 0.352 e. The minimum atomic E-state index is -0.284. The minimum absolute atomic E-state index is 0.0337. The summed E-state index contributed by atoms with van der Waals surface area (Å²) < 4.78 is 3.16. The number of hydrogen-bond acceptors (Lipinski definition) is 4. The van der Waals surface area contributed by atoms with E-state index >= 15 is 0 Å². The molecule has 2 amide bonds. The summed E-state index contributed by atoms with van der Waals surface area (Å²) in [5.41, 5.74) is 3.26. The number of piperidine rings is 1. The maximum Gasteiger partial charge on any atom is 0.252 e. The van der Waals surface area contributed by atoms with Gasteiger partial charge in [0.2, 0.25) is 5.91 Å². The topological polar surface area (TPSA) is 89.2 Å².